The third-order valence-electron chi connectivity index (χ3n) is 5.49. The van der Waals surface area contributed by atoms with Crippen molar-refractivity contribution in [3.63, 3.8) is 0 Å². The summed E-state index contributed by atoms with van der Waals surface area (Å²) in [6, 6.07) is 18.8. The van der Waals surface area contributed by atoms with Crippen LogP contribution in [0.4, 0.5) is 0 Å². The molecule has 5 rings (SSSR count). The number of carbonyl (C=O) groups is 1. The van der Waals surface area contributed by atoms with Gasteiger partial charge in [-0.15, -0.1) is 0 Å². The highest BCUT2D eigenvalue weighted by molar-refractivity contribution is 6.30. The number of halogens is 1. The van der Waals surface area contributed by atoms with E-state index in [0.29, 0.717) is 17.3 Å². The summed E-state index contributed by atoms with van der Waals surface area (Å²) in [6.45, 7) is 0.448. The number of fused-ring (bicyclic) bond motifs is 1. The Morgan fingerprint density at radius 3 is 2.58 bits per heavy atom. The van der Waals surface area contributed by atoms with Crippen molar-refractivity contribution in [1.82, 2.24) is 20.1 Å². The first-order valence-electron chi connectivity index (χ1n) is 9.83. The predicted molar refractivity (Wildman–Crippen MR) is 118 cm³/mol. The standard InChI is InChI=1S/C24H19ClN4O2/c1-31-19-7-5-16(6-8-19)21-20-22(28-27-21)24(30)29(14-15-9-11-26-12-10-15)23(20)17-3-2-4-18(25)13-17/h2-13,23H,14H2,1H3,(H,27,28). The van der Waals surface area contributed by atoms with Gasteiger partial charge in [-0.05, 0) is 59.7 Å². The Kier molecular flexibility index (Phi) is 4.92. The number of methoxy groups -OCH3 is 1. The monoisotopic (exact) mass is 430 g/mol. The van der Waals surface area contributed by atoms with Crippen LogP contribution in [0.5, 0.6) is 5.75 Å². The van der Waals surface area contributed by atoms with E-state index in [2.05, 4.69) is 15.2 Å². The van der Waals surface area contributed by atoms with Crippen molar-refractivity contribution < 1.29 is 9.53 Å². The number of nitrogens with zero attached hydrogens (tertiary/aromatic N) is 3. The molecule has 6 nitrogen and oxygen atoms in total. The van der Waals surface area contributed by atoms with Gasteiger partial charge in [0.25, 0.3) is 5.91 Å². The minimum atomic E-state index is -0.315. The lowest BCUT2D eigenvalue weighted by atomic mass is 9.96. The molecule has 0 radical (unpaired) electrons. The first kappa shape index (κ1) is 19.3. The Morgan fingerprint density at radius 2 is 1.87 bits per heavy atom. The number of hydrogen-bond acceptors (Lipinski definition) is 4. The van der Waals surface area contributed by atoms with E-state index in [1.165, 1.54) is 0 Å². The summed E-state index contributed by atoms with van der Waals surface area (Å²) in [5.74, 6) is 0.668. The molecule has 0 spiro atoms. The van der Waals surface area contributed by atoms with Crippen molar-refractivity contribution in [2.75, 3.05) is 7.11 Å². The van der Waals surface area contributed by atoms with Crippen LogP contribution in [0.3, 0.4) is 0 Å². The van der Waals surface area contributed by atoms with Crippen LogP contribution in [0.15, 0.2) is 73.1 Å². The average molecular weight is 431 g/mol. The minimum absolute atomic E-state index is 0.0935. The summed E-state index contributed by atoms with van der Waals surface area (Å²) in [7, 11) is 1.63. The highest BCUT2D eigenvalue weighted by atomic mass is 35.5. The van der Waals surface area contributed by atoms with Crippen molar-refractivity contribution in [2.45, 2.75) is 12.6 Å². The van der Waals surface area contributed by atoms with Crippen molar-refractivity contribution in [3.05, 3.63) is 100 Å². The van der Waals surface area contributed by atoms with E-state index >= 15 is 0 Å². The molecule has 2 aromatic heterocycles. The van der Waals surface area contributed by atoms with Crippen LogP contribution in [-0.2, 0) is 6.54 Å². The zero-order chi connectivity index (χ0) is 21.4. The summed E-state index contributed by atoms with van der Waals surface area (Å²) in [5.41, 5.74) is 4.94. The fourth-order valence-electron chi connectivity index (χ4n) is 4.04. The van der Waals surface area contributed by atoms with Crippen molar-refractivity contribution >= 4 is 17.5 Å². The maximum absolute atomic E-state index is 13.4. The maximum atomic E-state index is 13.4. The number of rotatable bonds is 5. The topological polar surface area (TPSA) is 71.1 Å². The third-order valence-corrected chi connectivity index (χ3v) is 5.73. The molecule has 1 unspecified atom stereocenters. The molecule has 1 atom stereocenters. The zero-order valence-electron chi connectivity index (χ0n) is 16.7. The molecule has 0 bridgehead atoms. The van der Waals surface area contributed by atoms with Gasteiger partial charge in [-0.2, -0.15) is 5.10 Å². The summed E-state index contributed by atoms with van der Waals surface area (Å²) < 4.78 is 5.27. The predicted octanol–water partition coefficient (Wildman–Crippen LogP) is 4.88. The van der Waals surface area contributed by atoms with Gasteiger partial charge in [-0.3, -0.25) is 14.9 Å². The minimum Gasteiger partial charge on any atom is -0.497 e. The van der Waals surface area contributed by atoms with Crippen LogP contribution >= 0.6 is 11.6 Å². The third kappa shape index (κ3) is 3.45. The molecule has 7 heteroatoms. The van der Waals surface area contributed by atoms with Gasteiger partial charge in [0, 0.05) is 35.1 Å². The smallest absolute Gasteiger partial charge is 0.273 e. The number of hydrogen-bond donors (Lipinski definition) is 1. The van der Waals surface area contributed by atoms with Gasteiger partial charge < -0.3 is 9.64 Å². The second-order valence-electron chi connectivity index (χ2n) is 7.34. The highest BCUT2D eigenvalue weighted by Crippen LogP contribution is 2.44. The molecule has 3 heterocycles. The molecule has 1 N–H and O–H groups in total. The number of benzene rings is 2. The summed E-state index contributed by atoms with van der Waals surface area (Å²) in [6.07, 6.45) is 3.46. The van der Waals surface area contributed by atoms with E-state index in [-0.39, 0.29) is 11.9 Å². The number of ether oxygens (including phenoxy) is 1. The normalized spacial score (nSPS) is 15.2. The van der Waals surface area contributed by atoms with Gasteiger partial charge in [0.1, 0.15) is 11.4 Å². The number of aromatic nitrogens is 3. The van der Waals surface area contributed by atoms with E-state index < -0.39 is 0 Å². The molecular formula is C24H19ClN4O2. The van der Waals surface area contributed by atoms with Crippen molar-refractivity contribution in [1.29, 1.82) is 0 Å². The lowest BCUT2D eigenvalue weighted by molar-refractivity contribution is 0.0730. The Bertz CT molecular complexity index is 1240. The van der Waals surface area contributed by atoms with E-state index in [0.717, 1.165) is 33.7 Å². The largest absolute Gasteiger partial charge is 0.497 e. The second-order valence-corrected chi connectivity index (χ2v) is 7.77. The molecule has 0 fully saturated rings. The number of H-pyrrole nitrogens is 1. The molecule has 1 aliphatic rings. The highest BCUT2D eigenvalue weighted by Gasteiger charge is 2.42. The lowest BCUT2D eigenvalue weighted by Gasteiger charge is -2.26. The van der Waals surface area contributed by atoms with Crippen LogP contribution < -0.4 is 4.74 Å². The SMILES string of the molecule is COc1ccc(-c2n[nH]c3c2C(c2cccc(Cl)c2)N(Cc2ccncc2)C3=O)cc1. The molecule has 0 aliphatic carbocycles. The number of carbonyl (C=O) groups excluding carboxylic acids is 1. The second kappa shape index (κ2) is 7.89. The molecule has 154 valence electrons. The Hall–Kier alpha value is -3.64. The van der Waals surface area contributed by atoms with Gasteiger partial charge in [0.05, 0.1) is 18.8 Å². The molecule has 31 heavy (non-hydrogen) atoms. The Balaban J connectivity index is 1.64. The molecule has 0 saturated heterocycles. The summed E-state index contributed by atoms with van der Waals surface area (Å²) >= 11 is 6.31. The summed E-state index contributed by atoms with van der Waals surface area (Å²) in [4.78, 5) is 19.3. The van der Waals surface area contributed by atoms with Crippen LogP contribution in [0, 0.1) is 0 Å². The number of aromatic amines is 1. The van der Waals surface area contributed by atoms with E-state index in [4.69, 9.17) is 16.3 Å². The van der Waals surface area contributed by atoms with Gasteiger partial charge in [-0.25, -0.2) is 0 Å². The first-order valence-corrected chi connectivity index (χ1v) is 10.2. The van der Waals surface area contributed by atoms with Crippen LogP contribution in [0.1, 0.15) is 33.2 Å². The van der Waals surface area contributed by atoms with Gasteiger partial charge >= 0.3 is 0 Å². The van der Waals surface area contributed by atoms with Crippen LogP contribution in [-0.4, -0.2) is 33.1 Å². The van der Waals surface area contributed by atoms with Crippen molar-refractivity contribution in [2.24, 2.45) is 0 Å². The number of nitrogens with one attached hydrogen (secondary N) is 1. The molecule has 4 aromatic rings. The van der Waals surface area contributed by atoms with Crippen molar-refractivity contribution in [3.8, 4) is 17.0 Å². The van der Waals surface area contributed by atoms with Gasteiger partial charge in [0.15, 0.2) is 0 Å². The van der Waals surface area contributed by atoms with E-state index in [1.54, 1.807) is 19.5 Å². The number of pyridine rings is 1. The fourth-order valence-corrected chi connectivity index (χ4v) is 4.24. The molecule has 2 aromatic carbocycles. The molecule has 1 amide bonds. The van der Waals surface area contributed by atoms with Gasteiger partial charge in [-0.1, -0.05) is 23.7 Å². The van der Waals surface area contributed by atoms with E-state index in [1.807, 2.05) is 65.6 Å². The Morgan fingerprint density at radius 1 is 1.10 bits per heavy atom. The first-order chi connectivity index (χ1) is 15.2. The fraction of sp³-hybridized carbons (Fsp3) is 0.125. The molecule has 1 aliphatic heterocycles. The van der Waals surface area contributed by atoms with Crippen LogP contribution in [0.25, 0.3) is 11.3 Å². The molecular weight excluding hydrogens is 412 g/mol. The van der Waals surface area contributed by atoms with Gasteiger partial charge in [0.2, 0.25) is 0 Å². The maximum Gasteiger partial charge on any atom is 0.273 e. The number of amides is 1. The lowest BCUT2D eigenvalue weighted by Crippen LogP contribution is -2.29. The van der Waals surface area contributed by atoms with Crippen LogP contribution in [0.2, 0.25) is 5.02 Å². The van der Waals surface area contributed by atoms with E-state index in [9.17, 15) is 4.79 Å². The quantitative estimate of drug-likeness (QED) is 0.490. The average Bonchev–Trinajstić information content (AvgIpc) is 3.34. The summed E-state index contributed by atoms with van der Waals surface area (Å²) in [5, 5.41) is 8.09. The molecule has 0 saturated carbocycles. The zero-order valence-corrected chi connectivity index (χ0v) is 17.5. The Labute approximate surface area is 184 Å².